The van der Waals surface area contributed by atoms with Crippen LogP contribution >= 0.6 is 11.3 Å². The maximum atomic E-state index is 13.4. The Kier molecular flexibility index (Phi) is 3.55. The number of rotatable bonds is 3. The molecule has 0 fully saturated rings. The molecular formula is C11H10F2N2O2S2. The second kappa shape index (κ2) is 4.86. The van der Waals surface area contributed by atoms with E-state index in [0.29, 0.717) is 16.8 Å². The first-order chi connectivity index (χ1) is 8.79. The molecule has 1 aromatic heterocycles. The van der Waals surface area contributed by atoms with Crippen LogP contribution in [0.4, 0.5) is 14.5 Å². The number of sulfonamides is 1. The SMILES string of the molecule is Cc1nc(C)c(S(=O)(=O)Nc2ccc(F)cc2F)s1. The van der Waals surface area contributed by atoms with E-state index in [-0.39, 0.29) is 9.90 Å². The molecule has 0 atom stereocenters. The van der Waals surface area contributed by atoms with Gasteiger partial charge in [-0.25, -0.2) is 22.2 Å². The third kappa shape index (κ3) is 2.90. The number of thiazole rings is 1. The number of aryl methyl sites for hydroxylation is 2. The highest BCUT2D eigenvalue weighted by atomic mass is 32.2. The second-order valence-corrected chi connectivity index (χ2v) is 6.92. The molecular weight excluding hydrogens is 294 g/mol. The lowest BCUT2D eigenvalue weighted by molar-refractivity contribution is 0.583. The number of aromatic nitrogens is 1. The molecule has 8 heteroatoms. The van der Waals surface area contributed by atoms with E-state index in [0.717, 1.165) is 23.5 Å². The van der Waals surface area contributed by atoms with Crippen LogP contribution in [0, 0.1) is 25.5 Å². The normalized spacial score (nSPS) is 11.6. The zero-order chi connectivity index (χ0) is 14.2. The summed E-state index contributed by atoms with van der Waals surface area (Å²) in [5, 5.41) is 0.595. The average molecular weight is 304 g/mol. The molecule has 0 spiro atoms. The van der Waals surface area contributed by atoms with Crippen LogP contribution in [-0.2, 0) is 10.0 Å². The third-order valence-electron chi connectivity index (χ3n) is 2.28. The van der Waals surface area contributed by atoms with Gasteiger partial charge >= 0.3 is 0 Å². The molecule has 102 valence electrons. The molecule has 1 aromatic carbocycles. The zero-order valence-electron chi connectivity index (χ0n) is 10.1. The fraction of sp³-hybridized carbons (Fsp3) is 0.182. The number of hydrogen-bond acceptors (Lipinski definition) is 4. The van der Waals surface area contributed by atoms with Gasteiger partial charge < -0.3 is 0 Å². The van der Waals surface area contributed by atoms with Gasteiger partial charge in [-0.3, -0.25) is 4.72 Å². The number of nitrogens with zero attached hydrogens (tertiary/aromatic N) is 1. The monoisotopic (exact) mass is 304 g/mol. The maximum Gasteiger partial charge on any atom is 0.273 e. The predicted molar refractivity (Wildman–Crippen MR) is 68.8 cm³/mol. The molecule has 0 bridgehead atoms. The van der Waals surface area contributed by atoms with Gasteiger partial charge in [0.25, 0.3) is 10.0 Å². The Hall–Kier alpha value is -1.54. The van der Waals surface area contributed by atoms with Crippen molar-refractivity contribution in [2.75, 3.05) is 4.72 Å². The summed E-state index contributed by atoms with van der Waals surface area (Å²) in [4.78, 5) is 4.00. The lowest BCUT2D eigenvalue weighted by atomic mass is 10.3. The Balaban J connectivity index is 2.39. The molecule has 0 saturated carbocycles. The van der Waals surface area contributed by atoms with E-state index >= 15 is 0 Å². The Labute approximate surface area is 113 Å². The quantitative estimate of drug-likeness (QED) is 0.948. The molecule has 0 unspecified atom stereocenters. The summed E-state index contributed by atoms with van der Waals surface area (Å²) in [6.45, 7) is 3.23. The van der Waals surface area contributed by atoms with Crippen LogP contribution in [-0.4, -0.2) is 13.4 Å². The molecule has 0 aliphatic carbocycles. The highest BCUT2D eigenvalue weighted by Crippen LogP contribution is 2.26. The van der Waals surface area contributed by atoms with E-state index in [9.17, 15) is 17.2 Å². The van der Waals surface area contributed by atoms with Crippen molar-refractivity contribution in [3.8, 4) is 0 Å². The van der Waals surface area contributed by atoms with E-state index in [2.05, 4.69) is 9.71 Å². The number of halogens is 2. The number of nitrogens with one attached hydrogen (secondary N) is 1. The smallest absolute Gasteiger partial charge is 0.273 e. The maximum absolute atomic E-state index is 13.4. The minimum absolute atomic E-state index is 0.0220. The minimum atomic E-state index is -3.91. The first kappa shape index (κ1) is 13.9. The van der Waals surface area contributed by atoms with E-state index in [1.165, 1.54) is 0 Å². The number of anilines is 1. The van der Waals surface area contributed by atoms with E-state index < -0.39 is 21.7 Å². The fourth-order valence-corrected chi connectivity index (χ4v) is 4.08. The summed E-state index contributed by atoms with van der Waals surface area (Å²) in [5.74, 6) is -1.74. The van der Waals surface area contributed by atoms with Gasteiger partial charge in [0.1, 0.15) is 11.6 Å². The highest BCUT2D eigenvalue weighted by molar-refractivity contribution is 7.94. The first-order valence-electron chi connectivity index (χ1n) is 5.21. The van der Waals surface area contributed by atoms with Gasteiger partial charge in [0, 0.05) is 6.07 Å². The molecule has 0 aliphatic heterocycles. The van der Waals surface area contributed by atoms with Crippen molar-refractivity contribution in [1.29, 1.82) is 0 Å². The Bertz CT molecular complexity index is 726. The molecule has 2 rings (SSSR count). The van der Waals surface area contributed by atoms with Gasteiger partial charge in [-0.1, -0.05) is 0 Å². The topological polar surface area (TPSA) is 59.1 Å². The molecule has 1 heterocycles. The standard InChI is InChI=1S/C11H10F2N2O2S2/c1-6-11(18-7(2)14-6)19(16,17)15-10-4-3-8(12)5-9(10)13/h3-5,15H,1-2H3. The summed E-state index contributed by atoms with van der Waals surface area (Å²) >= 11 is 0.991. The predicted octanol–water partition coefficient (Wildman–Crippen LogP) is 2.84. The molecule has 0 saturated heterocycles. The van der Waals surface area contributed by atoms with Gasteiger partial charge in [0.05, 0.1) is 16.4 Å². The zero-order valence-corrected chi connectivity index (χ0v) is 11.7. The van der Waals surface area contributed by atoms with Crippen LogP contribution in [0.15, 0.2) is 22.4 Å². The van der Waals surface area contributed by atoms with E-state index in [4.69, 9.17) is 0 Å². The molecule has 0 radical (unpaired) electrons. The molecule has 0 aliphatic rings. The van der Waals surface area contributed by atoms with Gasteiger partial charge in [0.2, 0.25) is 0 Å². The fourth-order valence-electron chi connectivity index (χ4n) is 1.53. The largest absolute Gasteiger partial charge is 0.276 e. The van der Waals surface area contributed by atoms with Crippen molar-refractivity contribution in [1.82, 2.24) is 4.98 Å². The third-order valence-corrected chi connectivity index (χ3v) is 5.33. The lowest BCUT2D eigenvalue weighted by Gasteiger charge is -2.07. The molecule has 1 N–H and O–H groups in total. The summed E-state index contributed by atoms with van der Waals surface area (Å²) in [6.07, 6.45) is 0. The summed E-state index contributed by atoms with van der Waals surface area (Å²) in [5.41, 5.74) is 0.0457. The van der Waals surface area contributed by atoms with Gasteiger partial charge in [-0.2, -0.15) is 0 Å². The van der Waals surface area contributed by atoms with Crippen molar-refractivity contribution in [2.24, 2.45) is 0 Å². The summed E-state index contributed by atoms with van der Waals surface area (Å²) in [6, 6.07) is 2.62. The molecule has 0 amide bonds. The van der Waals surface area contributed by atoms with Crippen LogP contribution in [0.2, 0.25) is 0 Å². The van der Waals surface area contributed by atoms with Crippen molar-refractivity contribution in [3.05, 3.63) is 40.5 Å². The first-order valence-corrected chi connectivity index (χ1v) is 7.51. The van der Waals surface area contributed by atoms with E-state index in [1.807, 2.05) is 0 Å². The van der Waals surface area contributed by atoms with E-state index in [1.54, 1.807) is 13.8 Å². The van der Waals surface area contributed by atoms with Crippen LogP contribution in [0.5, 0.6) is 0 Å². The number of benzene rings is 1. The Morgan fingerprint density at radius 1 is 1.26 bits per heavy atom. The molecule has 4 nitrogen and oxygen atoms in total. The average Bonchev–Trinajstić information content (AvgIpc) is 2.63. The van der Waals surface area contributed by atoms with Crippen molar-refractivity contribution in [2.45, 2.75) is 18.1 Å². The highest BCUT2D eigenvalue weighted by Gasteiger charge is 2.22. The van der Waals surface area contributed by atoms with Crippen LogP contribution in [0.25, 0.3) is 0 Å². The molecule has 19 heavy (non-hydrogen) atoms. The minimum Gasteiger partial charge on any atom is -0.276 e. The van der Waals surface area contributed by atoms with Crippen molar-refractivity contribution < 1.29 is 17.2 Å². The van der Waals surface area contributed by atoms with Crippen molar-refractivity contribution in [3.63, 3.8) is 0 Å². The lowest BCUT2D eigenvalue weighted by Crippen LogP contribution is -2.13. The van der Waals surface area contributed by atoms with Gasteiger partial charge in [-0.15, -0.1) is 11.3 Å². The van der Waals surface area contributed by atoms with Crippen LogP contribution in [0.1, 0.15) is 10.7 Å². The van der Waals surface area contributed by atoms with Crippen LogP contribution < -0.4 is 4.72 Å². The Morgan fingerprint density at radius 2 is 1.95 bits per heavy atom. The van der Waals surface area contributed by atoms with Crippen LogP contribution in [0.3, 0.4) is 0 Å². The van der Waals surface area contributed by atoms with Gasteiger partial charge in [-0.05, 0) is 26.0 Å². The number of hydrogen-bond donors (Lipinski definition) is 1. The van der Waals surface area contributed by atoms with Gasteiger partial charge in [0.15, 0.2) is 4.21 Å². The summed E-state index contributed by atoms with van der Waals surface area (Å²) in [7, 11) is -3.91. The van der Waals surface area contributed by atoms with Crippen molar-refractivity contribution >= 4 is 27.0 Å². The second-order valence-electron chi connectivity index (χ2n) is 3.84. The summed E-state index contributed by atoms with van der Waals surface area (Å²) < 4.78 is 52.4. The molecule has 2 aromatic rings. The Morgan fingerprint density at radius 3 is 2.47 bits per heavy atom.